The molecule has 2 aromatic rings. The largest absolute Gasteiger partial charge is 0.371 e. The summed E-state index contributed by atoms with van der Waals surface area (Å²) >= 11 is 6.05. The Morgan fingerprint density at radius 1 is 1.39 bits per heavy atom. The molecule has 11 nitrogen and oxygen atoms in total. The Balaban J connectivity index is 2.00. The smallest absolute Gasteiger partial charge is 0.272 e. The number of rotatable bonds is 7. The summed E-state index contributed by atoms with van der Waals surface area (Å²) in [5.74, 6) is -0.824. The molecule has 3 heterocycles. The van der Waals surface area contributed by atoms with Crippen LogP contribution in [-0.2, 0) is 23.8 Å². The maximum atomic E-state index is 12.2. The van der Waals surface area contributed by atoms with Gasteiger partial charge in [-0.05, 0) is 25.4 Å². The predicted molar refractivity (Wildman–Crippen MR) is 99.5 cm³/mol. The molecule has 12 heteroatoms. The highest BCUT2D eigenvalue weighted by Gasteiger charge is 2.44. The zero-order valence-corrected chi connectivity index (χ0v) is 17.0. The average molecular weight is 415 g/mol. The molecular formula is C16H23ClN6O5. The van der Waals surface area contributed by atoms with Crippen LogP contribution in [0.1, 0.15) is 26.5 Å². The van der Waals surface area contributed by atoms with E-state index in [1.54, 1.807) is 38.9 Å². The van der Waals surface area contributed by atoms with Crippen LogP contribution >= 0.6 is 11.6 Å². The normalized spacial score (nSPS) is 22.6. The monoisotopic (exact) mass is 414 g/mol. The molecule has 0 saturated carbocycles. The van der Waals surface area contributed by atoms with E-state index in [-0.39, 0.29) is 11.7 Å². The molecule has 0 aliphatic carbocycles. The van der Waals surface area contributed by atoms with Crippen LogP contribution in [0.5, 0.6) is 0 Å². The van der Waals surface area contributed by atoms with Gasteiger partial charge in [-0.3, -0.25) is 14.2 Å². The maximum Gasteiger partial charge on any atom is 0.272 e. The molecule has 1 aliphatic rings. The highest BCUT2D eigenvalue weighted by atomic mass is 35.5. The van der Waals surface area contributed by atoms with Crippen molar-refractivity contribution in [2.24, 2.45) is 0 Å². The standard InChI is InChI=1S/C16H23ClN6O5/c1-16(2,25-4)28-9-6-8(13(24)22-26-5)27-14(9)23-7-19-10-11(18-3)20-15(17)21-12(10)23/h7-9,14H,6H2,1-5H3,(H,22,24)(H,18,20,21)/t8-,9+,14+/m0/s1. The van der Waals surface area contributed by atoms with Gasteiger partial charge in [0.05, 0.1) is 13.4 Å². The molecule has 0 unspecified atom stereocenters. The number of aromatic nitrogens is 4. The number of imidazole rings is 1. The van der Waals surface area contributed by atoms with E-state index in [1.807, 2.05) is 0 Å². The van der Waals surface area contributed by atoms with E-state index in [9.17, 15) is 4.79 Å². The highest BCUT2D eigenvalue weighted by Crippen LogP contribution is 2.36. The lowest BCUT2D eigenvalue weighted by Crippen LogP contribution is -2.36. The molecule has 0 spiro atoms. The lowest BCUT2D eigenvalue weighted by atomic mass is 10.1. The molecule has 2 aromatic heterocycles. The second-order valence-corrected chi connectivity index (χ2v) is 6.94. The van der Waals surface area contributed by atoms with Crippen LogP contribution in [0.4, 0.5) is 5.82 Å². The number of ether oxygens (including phenoxy) is 3. The van der Waals surface area contributed by atoms with E-state index in [0.29, 0.717) is 17.0 Å². The third-order valence-corrected chi connectivity index (χ3v) is 4.56. The second kappa shape index (κ2) is 8.13. The number of hydrogen-bond acceptors (Lipinski definition) is 9. The van der Waals surface area contributed by atoms with Crippen LogP contribution in [0.25, 0.3) is 11.2 Å². The Bertz CT molecular complexity index is 859. The minimum Gasteiger partial charge on any atom is -0.371 e. The van der Waals surface area contributed by atoms with Gasteiger partial charge in [0.2, 0.25) is 5.28 Å². The summed E-state index contributed by atoms with van der Waals surface area (Å²) in [6.07, 6.45) is -0.173. The molecule has 2 N–H and O–H groups in total. The van der Waals surface area contributed by atoms with Crippen molar-refractivity contribution in [3.05, 3.63) is 11.6 Å². The molecule has 3 atom stereocenters. The second-order valence-electron chi connectivity index (χ2n) is 6.60. The quantitative estimate of drug-likeness (QED) is 0.391. The molecular weight excluding hydrogens is 392 g/mol. The number of methoxy groups -OCH3 is 1. The van der Waals surface area contributed by atoms with Crippen LogP contribution in [0.15, 0.2) is 6.33 Å². The van der Waals surface area contributed by atoms with Crippen molar-refractivity contribution < 1.29 is 23.8 Å². The van der Waals surface area contributed by atoms with Crippen LogP contribution in [0, 0.1) is 0 Å². The van der Waals surface area contributed by atoms with Crippen LogP contribution < -0.4 is 10.8 Å². The Morgan fingerprint density at radius 3 is 2.79 bits per heavy atom. The first-order valence-corrected chi connectivity index (χ1v) is 8.96. The first kappa shape index (κ1) is 20.7. The Morgan fingerprint density at radius 2 is 2.14 bits per heavy atom. The Labute approximate surface area is 166 Å². The molecule has 1 saturated heterocycles. The van der Waals surface area contributed by atoms with Gasteiger partial charge in [-0.15, -0.1) is 0 Å². The Hall–Kier alpha value is -2.05. The summed E-state index contributed by atoms with van der Waals surface area (Å²) in [4.78, 5) is 29.7. The van der Waals surface area contributed by atoms with Gasteiger partial charge >= 0.3 is 0 Å². The van der Waals surface area contributed by atoms with Crippen molar-refractivity contribution in [2.45, 2.75) is 44.5 Å². The fraction of sp³-hybridized carbons (Fsp3) is 0.625. The third kappa shape index (κ3) is 4.03. The lowest BCUT2D eigenvalue weighted by Gasteiger charge is -2.30. The van der Waals surface area contributed by atoms with Crippen molar-refractivity contribution in [2.75, 3.05) is 26.6 Å². The van der Waals surface area contributed by atoms with Gasteiger partial charge in [0.1, 0.15) is 12.2 Å². The van der Waals surface area contributed by atoms with Crippen molar-refractivity contribution in [3.8, 4) is 0 Å². The van der Waals surface area contributed by atoms with E-state index in [1.165, 1.54) is 7.11 Å². The van der Waals surface area contributed by atoms with Gasteiger partial charge in [0.15, 0.2) is 29.0 Å². The van der Waals surface area contributed by atoms with Crippen molar-refractivity contribution >= 4 is 34.5 Å². The molecule has 1 fully saturated rings. The van der Waals surface area contributed by atoms with E-state index in [0.717, 1.165) is 0 Å². The number of anilines is 1. The molecule has 154 valence electrons. The summed E-state index contributed by atoms with van der Waals surface area (Å²) in [6.45, 7) is 3.55. The fourth-order valence-electron chi connectivity index (χ4n) is 2.99. The van der Waals surface area contributed by atoms with Gasteiger partial charge in [-0.25, -0.2) is 10.5 Å². The molecule has 1 amide bonds. The molecule has 0 bridgehead atoms. The van der Waals surface area contributed by atoms with E-state index >= 15 is 0 Å². The number of nitrogens with zero attached hydrogens (tertiary/aromatic N) is 4. The topological polar surface area (TPSA) is 122 Å². The van der Waals surface area contributed by atoms with E-state index in [4.69, 9.17) is 30.6 Å². The summed E-state index contributed by atoms with van der Waals surface area (Å²) in [5.41, 5.74) is 3.25. The number of hydrogen-bond donors (Lipinski definition) is 2. The molecule has 0 radical (unpaired) electrons. The van der Waals surface area contributed by atoms with Gasteiger partial charge in [-0.1, -0.05) is 0 Å². The van der Waals surface area contributed by atoms with E-state index < -0.39 is 30.1 Å². The highest BCUT2D eigenvalue weighted by molar-refractivity contribution is 6.28. The summed E-state index contributed by atoms with van der Waals surface area (Å²) in [5, 5.41) is 2.99. The van der Waals surface area contributed by atoms with Gasteiger partial charge < -0.3 is 19.5 Å². The zero-order chi connectivity index (χ0) is 20.5. The minimum absolute atomic E-state index is 0.0555. The number of hydroxylamine groups is 1. The van der Waals surface area contributed by atoms with Crippen LogP contribution in [0.2, 0.25) is 5.28 Å². The third-order valence-electron chi connectivity index (χ3n) is 4.40. The summed E-state index contributed by atoms with van der Waals surface area (Å²) in [7, 11) is 4.61. The number of nitrogens with one attached hydrogen (secondary N) is 2. The SMILES string of the molecule is CNc1nc(Cl)nc2c1ncn2[C@@H]1O[C@H](C(=O)NOC)C[C@H]1OC(C)(C)OC. The number of carbonyl (C=O) groups excluding carboxylic acids is 1. The number of amides is 1. The van der Waals surface area contributed by atoms with E-state index in [2.05, 4.69) is 25.7 Å². The lowest BCUT2D eigenvalue weighted by molar-refractivity contribution is -0.237. The van der Waals surface area contributed by atoms with Crippen molar-refractivity contribution in [3.63, 3.8) is 0 Å². The first-order chi connectivity index (χ1) is 13.3. The molecule has 0 aromatic carbocycles. The van der Waals surface area contributed by atoms with Crippen LogP contribution in [0.3, 0.4) is 0 Å². The maximum absolute atomic E-state index is 12.2. The molecule has 1 aliphatic heterocycles. The van der Waals surface area contributed by atoms with Gasteiger partial charge in [0.25, 0.3) is 5.91 Å². The summed E-state index contributed by atoms with van der Waals surface area (Å²) < 4.78 is 19.1. The summed E-state index contributed by atoms with van der Waals surface area (Å²) in [6, 6.07) is 0. The number of carbonyl (C=O) groups is 1. The van der Waals surface area contributed by atoms with Crippen molar-refractivity contribution in [1.82, 2.24) is 25.0 Å². The van der Waals surface area contributed by atoms with Crippen molar-refractivity contribution in [1.29, 1.82) is 0 Å². The zero-order valence-electron chi connectivity index (χ0n) is 16.2. The van der Waals surface area contributed by atoms with Gasteiger partial charge in [-0.2, -0.15) is 9.97 Å². The van der Waals surface area contributed by atoms with Crippen LogP contribution in [-0.4, -0.2) is 64.7 Å². The molecule has 28 heavy (non-hydrogen) atoms. The van der Waals surface area contributed by atoms with Gasteiger partial charge in [0, 0.05) is 20.6 Å². The minimum atomic E-state index is -0.891. The average Bonchev–Trinajstić information content (AvgIpc) is 3.24. The Kier molecular flexibility index (Phi) is 6.01. The predicted octanol–water partition coefficient (Wildman–Crippen LogP) is 1.25. The first-order valence-electron chi connectivity index (χ1n) is 8.58. The molecule has 3 rings (SSSR count). The number of fused-ring (bicyclic) bond motifs is 1. The number of halogens is 1. The fourth-order valence-corrected chi connectivity index (χ4v) is 3.15.